The number of guanidine groups is 2. The standard InChI is InChI=1S/C36H26N10/c1-5-13-25(14-6-1)43-21-29-30-22-45(27-17-9-3-10-18-27)35(38-30)42-36-40-32(24-46(36)28-19-11-4-12-20-28)31-23-44(26-15-7-2-8-16-26)34(39-31)41-33(43)37-29/h1-24H,(H,37,39,41)(H,38,40,42). The van der Waals surface area contributed by atoms with E-state index in [4.69, 9.17) is 20.0 Å². The number of rotatable bonds is 4. The van der Waals surface area contributed by atoms with Crippen LogP contribution in [0.15, 0.2) is 156 Å². The predicted octanol–water partition coefficient (Wildman–Crippen LogP) is 6.56. The molecule has 3 aliphatic heterocycles. The van der Waals surface area contributed by atoms with Crippen molar-refractivity contribution in [3.05, 3.63) is 158 Å². The molecular formula is C36H26N10. The molecule has 3 aliphatic rings. The summed E-state index contributed by atoms with van der Waals surface area (Å²) in [6.07, 6.45) is 8.03. The molecule has 4 aromatic carbocycles. The maximum Gasteiger partial charge on any atom is 0.238 e. The second kappa shape index (κ2) is 10.5. The third-order valence-corrected chi connectivity index (χ3v) is 7.94. The molecule has 9 rings (SSSR count). The lowest BCUT2D eigenvalue weighted by Crippen LogP contribution is -2.30. The van der Waals surface area contributed by atoms with Gasteiger partial charge in [0.05, 0.1) is 11.4 Å². The van der Waals surface area contributed by atoms with Gasteiger partial charge in [0.15, 0.2) is 0 Å². The van der Waals surface area contributed by atoms with E-state index in [0.717, 1.165) is 45.5 Å². The fourth-order valence-electron chi connectivity index (χ4n) is 5.71. The second-order valence-electron chi connectivity index (χ2n) is 10.9. The van der Waals surface area contributed by atoms with E-state index in [1.807, 2.05) is 165 Å². The van der Waals surface area contributed by atoms with Gasteiger partial charge in [0.25, 0.3) is 0 Å². The van der Waals surface area contributed by atoms with Crippen LogP contribution >= 0.6 is 0 Å². The summed E-state index contributed by atoms with van der Waals surface area (Å²) in [4.78, 5) is 24.4. The Morgan fingerprint density at radius 2 is 0.761 bits per heavy atom. The first-order chi connectivity index (χ1) is 22.8. The molecule has 0 radical (unpaired) electrons. The summed E-state index contributed by atoms with van der Waals surface area (Å²) < 4.78 is 3.99. The zero-order valence-corrected chi connectivity index (χ0v) is 24.4. The molecule has 0 saturated carbocycles. The number of benzene rings is 4. The molecule has 10 nitrogen and oxygen atoms in total. The van der Waals surface area contributed by atoms with E-state index in [-0.39, 0.29) is 0 Å². The third-order valence-electron chi connectivity index (χ3n) is 7.94. The Balaban J connectivity index is 1.29. The van der Waals surface area contributed by atoms with Crippen molar-refractivity contribution in [2.45, 2.75) is 0 Å². The highest BCUT2D eigenvalue weighted by atomic mass is 15.4. The van der Waals surface area contributed by atoms with Crippen LogP contribution in [0.3, 0.4) is 0 Å². The van der Waals surface area contributed by atoms with Gasteiger partial charge >= 0.3 is 0 Å². The zero-order chi connectivity index (χ0) is 30.5. The highest BCUT2D eigenvalue weighted by Crippen LogP contribution is 2.32. The van der Waals surface area contributed by atoms with E-state index in [2.05, 4.69) is 10.6 Å². The number of aromatic nitrogens is 4. The molecule has 2 N–H and O–H groups in total. The van der Waals surface area contributed by atoms with Gasteiger partial charge in [-0.2, -0.15) is 9.98 Å². The highest BCUT2D eigenvalue weighted by molar-refractivity contribution is 6.10. The average molecular weight is 599 g/mol. The van der Waals surface area contributed by atoms with E-state index in [1.54, 1.807) is 0 Å². The molecule has 0 amide bonds. The summed E-state index contributed by atoms with van der Waals surface area (Å²) in [6.45, 7) is 0. The van der Waals surface area contributed by atoms with Gasteiger partial charge in [-0.3, -0.25) is 18.9 Å². The minimum absolute atomic E-state index is 0.520. The Bertz CT molecular complexity index is 2040. The molecule has 0 atom stereocenters. The highest BCUT2D eigenvalue weighted by Gasteiger charge is 2.29. The Morgan fingerprint density at radius 1 is 0.413 bits per heavy atom. The number of aliphatic imine (C=N–C) groups is 2. The molecule has 0 unspecified atom stereocenters. The number of nitrogens with one attached hydrogen (secondary N) is 2. The summed E-state index contributed by atoms with van der Waals surface area (Å²) in [5, 5.41) is 7.07. The van der Waals surface area contributed by atoms with E-state index in [1.165, 1.54) is 0 Å². The normalized spacial score (nSPS) is 14.9. The van der Waals surface area contributed by atoms with Gasteiger partial charge in [-0.05, 0) is 48.5 Å². The van der Waals surface area contributed by atoms with Crippen LogP contribution in [0.25, 0.3) is 22.8 Å². The SMILES string of the molecule is C1=C2NC(=Nc3nc(cn3-c3ccccc3)C3=CN(c4ccccc4)C(=Nc4nc2cn4-c2ccccc2)N3)N1c1ccccc1. The van der Waals surface area contributed by atoms with Gasteiger partial charge in [0, 0.05) is 47.5 Å². The topological polar surface area (TPSA) is 90.9 Å². The lowest BCUT2D eigenvalue weighted by molar-refractivity contribution is 1.03. The lowest BCUT2D eigenvalue weighted by Gasteiger charge is -2.16. The van der Waals surface area contributed by atoms with Crippen molar-refractivity contribution < 1.29 is 0 Å². The molecule has 2 aromatic heterocycles. The summed E-state index contributed by atoms with van der Waals surface area (Å²) >= 11 is 0. The van der Waals surface area contributed by atoms with Crippen molar-refractivity contribution in [1.29, 1.82) is 0 Å². The van der Waals surface area contributed by atoms with Crippen LogP contribution in [0, 0.1) is 0 Å². The van der Waals surface area contributed by atoms with Gasteiger partial charge in [-0.15, -0.1) is 0 Å². The van der Waals surface area contributed by atoms with Gasteiger partial charge < -0.3 is 10.6 Å². The van der Waals surface area contributed by atoms with Crippen LogP contribution in [0.5, 0.6) is 0 Å². The first-order valence-corrected chi connectivity index (χ1v) is 14.9. The fourth-order valence-corrected chi connectivity index (χ4v) is 5.71. The monoisotopic (exact) mass is 598 g/mol. The summed E-state index contributed by atoms with van der Waals surface area (Å²) in [5.74, 6) is 2.25. The Labute approximate surface area is 264 Å². The predicted molar refractivity (Wildman–Crippen MR) is 181 cm³/mol. The van der Waals surface area contributed by atoms with Gasteiger partial charge in [-0.1, -0.05) is 72.8 Å². The number of fused-ring (bicyclic) bond motifs is 10. The molecule has 220 valence electrons. The van der Waals surface area contributed by atoms with Crippen LogP contribution in [-0.4, -0.2) is 31.0 Å². The molecular weight excluding hydrogens is 572 g/mol. The van der Waals surface area contributed by atoms with Crippen LogP contribution in [0.2, 0.25) is 0 Å². The largest absolute Gasteiger partial charge is 0.322 e. The van der Waals surface area contributed by atoms with Crippen molar-refractivity contribution in [2.24, 2.45) is 9.98 Å². The minimum Gasteiger partial charge on any atom is -0.322 e. The molecule has 6 aromatic rings. The Morgan fingerprint density at radius 3 is 1.13 bits per heavy atom. The molecule has 0 spiro atoms. The first-order valence-electron chi connectivity index (χ1n) is 14.9. The molecule has 5 heterocycles. The number of anilines is 2. The van der Waals surface area contributed by atoms with Gasteiger partial charge in [0.2, 0.25) is 23.8 Å². The molecule has 8 bridgehead atoms. The van der Waals surface area contributed by atoms with Gasteiger partial charge in [-0.25, -0.2) is 9.97 Å². The molecule has 10 heteroatoms. The molecule has 0 saturated heterocycles. The third kappa shape index (κ3) is 4.44. The number of hydrogen-bond acceptors (Lipinski definition) is 8. The molecule has 0 aliphatic carbocycles. The van der Waals surface area contributed by atoms with E-state index in [0.29, 0.717) is 23.8 Å². The van der Waals surface area contributed by atoms with E-state index < -0.39 is 0 Å². The van der Waals surface area contributed by atoms with Crippen molar-refractivity contribution >= 4 is 46.6 Å². The number of imidazole rings is 2. The lowest BCUT2D eigenvalue weighted by atomic mass is 10.3. The zero-order valence-electron chi connectivity index (χ0n) is 24.4. The van der Waals surface area contributed by atoms with Crippen LogP contribution in [0.4, 0.5) is 23.3 Å². The summed E-state index contributed by atoms with van der Waals surface area (Å²) in [6, 6.07) is 40.4. The number of hydrogen-bond donors (Lipinski definition) is 2. The van der Waals surface area contributed by atoms with Crippen LogP contribution in [-0.2, 0) is 0 Å². The maximum absolute atomic E-state index is 5.13. The first kappa shape index (κ1) is 25.8. The molecule has 0 fully saturated rings. The quantitative estimate of drug-likeness (QED) is 0.239. The van der Waals surface area contributed by atoms with Crippen molar-refractivity contribution in [3.8, 4) is 11.4 Å². The van der Waals surface area contributed by atoms with Crippen LogP contribution < -0.4 is 20.4 Å². The fraction of sp³-hybridized carbons (Fsp3) is 0. The second-order valence-corrected chi connectivity index (χ2v) is 10.9. The molecule has 46 heavy (non-hydrogen) atoms. The van der Waals surface area contributed by atoms with Crippen molar-refractivity contribution in [1.82, 2.24) is 29.7 Å². The van der Waals surface area contributed by atoms with Gasteiger partial charge in [0.1, 0.15) is 11.4 Å². The van der Waals surface area contributed by atoms with Crippen LogP contribution in [0.1, 0.15) is 11.4 Å². The summed E-state index contributed by atoms with van der Waals surface area (Å²) in [7, 11) is 0. The number of para-hydroxylation sites is 4. The minimum atomic E-state index is 0.520. The average Bonchev–Trinajstić information content (AvgIpc) is 3.92. The van der Waals surface area contributed by atoms with E-state index in [9.17, 15) is 0 Å². The van der Waals surface area contributed by atoms with E-state index >= 15 is 0 Å². The number of nitrogens with zero attached hydrogens (tertiary/aromatic N) is 8. The Hall–Kier alpha value is -6.68. The smallest absolute Gasteiger partial charge is 0.238 e. The Kier molecular flexibility index (Phi) is 5.88. The van der Waals surface area contributed by atoms with Crippen molar-refractivity contribution in [2.75, 3.05) is 9.80 Å². The van der Waals surface area contributed by atoms with Crippen molar-refractivity contribution in [3.63, 3.8) is 0 Å². The summed E-state index contributed by atoms with van der Waals surface area (Å²) in [5.41, 5.74) is 6.80. The maximum atomic E-state index is 5.13.